The number of fused-ring (bicyclic) bond motifs is 3. The molecule has 4 rings (SSSR count). The molecule has 0 aliphatic carbocycles. The maximum atomic E-state index is 11.9. The van der Waals surface area contributed by atoms with Crippen molar-refractivity contribution in [2.75, 3.05) is 19.5 Å². The number of phosphoric acid groups is 1. The summed E-state index contributed by atoms with van der Waals surface area (Å²) in [6.45, 7) is 2.15. The highest BCUT2D eigenvalue weighted by atomic mass is 31.2. The molecule has 2 aliphatic heterocycles. The molecule has 5 atom stereocenters. The molecule has 12 heteroatoms. The van der Waals surface area contributed by atoms with E-state index < -0.39 is 31.9 Å². The van der Waals surface area contributed by atoms with Crippen LogP contribution in [0.5, 0.6) is 0 Å². The van der Waals surface area contributed by atoms with Gasteiger partial charge in [-0.2, -0.15) is 0 Å². The lowest BCUT2D eigenvalue weighted by molar-refractivity contribution is -0.173. The number of phosphoric ester groups is 1. The first-order valence-electron chi connectivity index (χ1n) is 7.70. The largest absolute Gasteiger partial charge is 0.472 e. The van der Waals surface area contributed by atoms with Gasteiger partial charge in [-0.05, 0) is 6.42 Å². The first-order valence-corrected chi connectivity index (χ1v) is 9.19. The smallest absolute Gasteiger partial charge is 0.382 e. The van der Waals surface area contributed by atoms with Gasteiger partial charge in [0.05, 0.1) is 12.9 Å². The van der Waals surface area contributed by atoms with Crippen LogP contribution in [0.1, 0.15) is 19.6 Å². The molecular weight excluding hydrogens is 353 g/mol. The average Bonchev–Trinajstić information content (AvgIpc) is 3.26. The number of hydrogen-bond donors (Lipinski definition) is 2. The van der Waals surface area contributed by atoms with Gasteiger partial charge >= 0.3 is 7.82 Å². The minimum Gasteiger partial charge on any atom is -0.382 e. The molecule has 0 amide bonds. The maximum absolute atomic E-state index is 11.9. The molecule has 2 aromatic heterocycles. The molecule has 2 aliphatic rings. The van der Waals surface area contributed by atoms with Gasteiger partial charge in [-0.3, -0.25) is 13.6 Å². The maximum Gasteiger partial charge on any atom is 0.472 e. The van der Waals surface area contributed by atoms with Crippen LogP contribution in [0.4, 0.5) is 5.82 Å². The van der Waals surface area contributed by atoms with Crippen molar-refractivity contribution in [3.63, 3.8) is 0 Å². The van der Waals surface area contributed by atoms with Crippen LogP contribution in [0.15, 0.2) is 12.7 Å². The molecule has 2 bridgehead atoms. The van der Waals surface area contributed by atoms with Crippen LogP contribution in [0.25, 0.3) is 11.2 Å². The van der Waals surface area contributed by atoms with Crippen LogP contribution in [-0.4, -0.2) is 55.9 Å². The molecule has 2 fully saturated rings. The zero-order valence-electron chi connectivity index (χ0n) is 13.6. The summed E-state index contributed by atoms with van der Waals surface area (Å²) in [6.07, 6.45) is 1.37. The molecule has 2 unspecified atom stereocenters. The lowest BCUT2D eigenvalue weighted by atomic mass is 9.96. The summed E-state index contributed by atoms with van der Waals surface area (Å²) in [7, 11) is -3.09. The zero-order chi connectivity index (χ0) is 17.8. The molecule has 0 spiro atoms. The van der Waals surface area contributed by atoms with E-state index in [9.17, 15) is 9.46 Å². The third-order valence-corrected chi connectivity index (χ3v) is 5.67. The average molecular weight is 371 g/mol. The summed E-state index contributed by atoms with van der Waals surface area (Å²) in [5.41, 5.74) is 5.88. The minimum atomic E-state index is -4.20. The van der Waals surface area contributed by atoms with Gasteiger partial charge < -0.3 is 20.1 Å². The van der Waals surface area contributed by atoms with E-state index in [0.717, 1.165) is 7.11 Å². The highest BCUT2D eigenvalue weighted by molar-refractivity contribution is 7.47. The quantitative estimate of drug-likeness (QED) is 0.717. The van der Waals surface area contributed by atoms with Crippen LogP contribution in [0, 0.1) is 0 Å². The fraction of sp³-hybridized carbons (Fsp3) is 0.615. The first kappa shape index (κ1) is 16.8. The second-order valence-corrected chi connectivity index (χ2v) is 7.48. The molecule has 136 valence electrons. The SMILES string of the molecule is CC[C@@]12COC([C@H](n3cnc4c(N)ncnc43)O1)[C@H]2OP(=O)(O)OC. The van der Waals surface area contributed by atoms with E-state index in [4.69, 9.17) is 19.7 Å². The van der Waals surface area contributed by atoms with Crippen molar-refractivity contribution in [1.29, 1.82) is 0 Å². The normalized spacial score (nSPS) is 33.8. The predicted molar refractivity (Wildman–Crippen MR) is 84.3 cm³/mol. The number of nitrogen functional groups attached to an aromatic ring is 1. The molecular formula is C13H18N5O6P. The summed E-state index contributed by atoms with van der Waals surface area (Å²) in [5, 5.41) is 0. The Balaban J connectivity index is 1.73. The summed E-state index contributed by atoms with van der Waals surface area (Å²) in [6, 6.07) is 0. The molecule has 4 heterocycles. The Hall–Kier alpha value is -1.62. The fourth-order valence-corrected chi connectivity index (χ4v) is 4.03. The van der Waals surface area contributed by atoms with E-state index in [1.54, 1.807) is 4.57 Å². The number of anilines is 1. The second kappa shape index (κ2) is 5.70. The number of nitrogens with two attached hydrogens (primary N) is 1. The van der Waals surface area contributed by atoms with Crippen LogP contribution in [0.3, 0.4) is 0 Å². The van der Waals surface area contributed by atoms with Crippen LogP contribution in [-0.2, 0) is 23.1 Å². The van der Waals surface area contributed by atoms with Gasteiger partial charge in [0.25, 0.3) is 0 Å². The number of ether oxygens (including phenoxy) is 2. The Kier molecular flexibility index (Phi) is 3.83. The number of nitrogens with zero attached hydrogens (tertiary/aromatic N) is 4. The standard InChI is InChI=1S/C13H18N5O6P/c1-3-13-4-22-8(9(13)24-25(19,20)21-2)12(23-13)18-6-17-7-10(14)15-5-16-11(7)18/h5-6,8-9,12H,3-4H2,1-2H3,(H,19,20)(H2,14,15,16)/t8?,9-,12-,13+/m1/s1. The van der Waals surface area contributed by atoms with E-state index >= 15 is 0 Å². The molecule has 11 nitrogen and oxygen atoms in total. The topological polar surface area (TPSA) is 144 Å². The zero-order valence-corrected chi connectivity index (χ0v) is 14.5. The number of rotatable bonds is 5. The number of hydrogen-bond acceptors (Lipinski definition) is 9. The van der Waals surface area contributed by atoms with Gasteiger partial charge in [-0.1, -0.05) is 6.92 Å². The van der Waals surface area contributed by atoms with Crippen molar-refractivity contribution < 1.29 is 28.0 Å². The second-order valence-electron chi connectivity index (χ2n) is 5.96. The van der Waals surface area contributed by atoms with Crippen molar-refractivity contribution in [2.45, 2.75) is 37.4 Å². The van der Waals surface area contributed by atoms with Crippen molar-refractivity contribution in [3.05, 3.63) is 12.7 Å². The summed E-state index contributed by atoms with van der Waals surface area (Å²) in [5.74, 6) is 0.255. The van der Waals surface area contributed by atoms with Crippen LogP contribution in [0.2, 0.25) is 0 Å². The van der Waals surface area contributed by atoms with E-state index in [2.05, 4.69) is 19.5 Å². The Labute approximate surface area is 142 Å². The lowest BCUT2D eigenvalue weighted by Crippen LogP contribution is -2.40. The van der Waals surface area contributed by atoms with Gasteiger partial charge in [-0.15, -0.1) is 0 Å². The monoisotopic (exact) mass is 371 g/mol. The summed E-state index contributed by atoms with van der Waals surface area (Å²) < 4.78 is 35.4. The van der Waals surface area contributed by atoms with Gasteiger partial charge in [0.2, 0.25) is 0 Å². The highest BCUT2D eigenvalue weighted by Crippen LogP contribution is 2.55. The van der Waals surface area contributed by atoms with Crippen molar-refractivity contribution in [3.8, 4) is 0 Å². The number of aromatic nitrogens is 4. The van der Waals surface area contributed by atoms with E-state index in [0.29, 0.717) is 17.6 Å². The third kappa shape index (κ3) is 2.47. The molecule has 0 aromatic carbocycles. The Morgan fingerprint density at radius 2 is 2.32 bits per heavy atom. The molecule has 0 saturated carbocycles. The van der Waals surface area contributed by atoms with Crippen LogP contribution < -0.4 is 5.73 Å². The van der Waals surface area contributed by atoms with Gasteiger partial charge in [-0.25, -0.2) is 19.5 Å². The first-order chi connectivity index (χ1) is 11.9. The minimum absolute atomic E-state index is 0.253. The van der Waals surface area contributed by atoms with Gasteiger partial charge in [0, 0.05) is 7.11 Å². The number of imidazole rings is 1. The Morgan fingerprint density at radius 3 is 3.04 bits per heavy atom. The molecule has 2 saturated heterocycles. The van der Waals surface area contributed by atoms with Crippen molar-refractivity contribution in [2.24, 2.45) is 0 Å². The van der Waals surface area contributed by atoms with Crippen molar-refractivity contribution >= 4 is 24.8 Å². The Morgan fingerprint density at radius 1 is 1.52 bits per heavy atom. The fourth-order valence-electron chi connectivity index (χ4n) is 3.35. The lowest BCUT2D eigenvalue weighted by Gasteiger charge is -2.30. The molecule has 0 radical (unpaired) electrons. The predicted octanol–water partition coefficient (Wildman–Crippen LogP) is 0.617. The Bertz CT molecular complexity index is 861. The van der Waals surface area contributed by atoms with Crippen molar-refractivity contribution in [1.82, 2.24) is 19.5 Å². The third-order valence-electron chi connectivity index (χ3n) is 4.71. The molecule has 25 heavy (non-hydrogen) atoms. The highest BCUT2D eigenvalue weighted by Gasteiger charge is 2.63. The van der Waals surface area contributed by atoms with Gasteiger partial charge in [0.15, 0.2) is 17.7 Å². The van der Waals surface area contributed by atoms with Gasteiger partial charge in [0.1, 0.15) is 29.7 Å². The molecule has 3 N–H and O–H groups in total. The van der Waals surface area contributed by atoms with E-state index in [1.165, 1.54) is 12.7 Å². The summed E-state index contributed by atoms with van der Waals surface area (Å²) >= 11 is 0. The summed E-state index contributed by atoms with van der Waals surface area (Å²) in [4.78, 5) is 22.0. The van der Waals surface area contributed by atoms with E-state index in [-0.39, 0.29) is 12.4 Å². The molecule has 2 aromatic rings. The van der Waals surface area contributed by atoms with Crippen LogP contribution >= 0.6 is 7.82 Å². The van der Waals surface area contributed by atoms with E-state index in [1.807, 2.05) is 6.92 Å².